The number of aromatic nitrogens is 4. The highest BCUT2D eigenvalue weighted by Crippen LogP contribution is 2.57. The van der Waals surface area contributed by atoms with Crippen molar-refractivity contribution in [1.29, 1.82) is 0 Å². The van der Waals surface area contributed by atoms with Gasteiger partial charge in [-0.15, -0.1) is 11.8 Å². The molecule has 0 aliphatic heterocycles. The summed E-state index contributed by atoms with van der Waals surface area (Å²) in [5, 5.41) is 13.2. The molecule has 1 amide bonds. The molecule has 0 unspecified atom stereocenters. The summed E-state index contributed by atoms with van der Waals surface area (Å²) in [4.78, 5) is 18.6. The lowest BCUT2D eigenvalue weighted by Gasteiger charge is -2.17. The number of carbonyl (C=O) groups is 1. The van der Waals surface area contributed by atoms with Crippen molar-refractivity contribution in [3.63, 3.8) is 0 Å². The summed E-state index contributed by atoms with van der Waals surface area (Å²) in [6, 6.07) is 15.3. The summed E-state index contributed by atoms with van der Waals surface area (Å²) in [6.07, 6.45) is 3.25. The van der Waals surface area contributed by atoms with Gasteiger partial charge < -0.3 is 9.84 Å². The second kappa shape index (κ2) is 10.3. The van der Waals surface area contributed by atoms with Crippen molar-refractivity contribution in [2.24, 2.45) is 0 Å². The maximum Gasteiger partial charge on any atom is 0.257 e. The van der Waals surface area contributed by atoms with E-state index in [-0.39, 0.29) is 18.3 Å². The molecule has 0 radical (unpaired) electrons. The van der Waals surface area contributed by atoms with Gasteiger partial charge in [0.1, 0.15) is 12.4 Å². The Balaban J connectivity index is 1.20. The Bertz CT molecular complexity index is 1680. The highest BCUT2D eigenvalue weighted by molar-refractivity contribution is 7.99. The van der Waals surface area contributed by atoms with Crippen LogP contribution < -0.4 is 5.32 Å². The Kier molecular flexibility index (Phi) is 6.82. The predicted molar refractivity (Wildman–Crippen MR) is 151 cm³/mol. The quantitative estimate of drug-likeness (QED) is 0.193. The molecule has 0 spiro atoms. The number of hydrogen-bond acceptors (Lipinski definition) is 6. The van der Waals surface area contributed by atoms with Crippen LogP contribution in [0.4, 0.5) is 10.1 Å². The molecule has 1 N–H and O–H groups in total. The maximum atomic E-state index is 13.3. The Hall–Kier alpha value is -3.40. The number of rotatable bonds is 8. The molecule has 5 aromatic rings. The van der Waals surface area contributed by atoms with Gasteiger partial charge in [-0.05, 0) is 73.2 Å². The standard InChI is InChI=1S/C28H22Cl2FN5O2S/c1-2-39-20-7-8-23-17(11-20)14-32-36(23)15-24(37)33-19-12-21(29)25(22(30)13-19)28(9-10-28)27-34-26(38-35-27)16-3-5-18(31)6-4-16/h3-8,11-14H,2,9-10,15H2,1H3,(H,33,37). The largest absolute Gasteiger partial charge is 0.334 e. The van der Waals surface area contributed by atoms with Gasteiger partial charge in [0, 0.05) is 37.1 Å². The zero-order chi connectivity index (χ0) is 27.1. The third-order valence-electron chi connectivity index (χ3n) is 6.72. The van der Waals surface area contributed by atoms with Crippen molar-refractivity contribution in [1.82, 2.24) is 19.9 Å². The van der Waals surface area contributed by atoms with Gasteiger partial charge in [-0.25, -0.2) is 4.39 Å². The number of nitrogens with zero attached hydrogens (tertiary/aromatic N) is 4. The first-order valence-corrected chi connectivity index (χ1v) is 14.1. The van der Waals surface area contributed by atoms with Crippen LogP contribution in [-0.4, -0.2) is 31.6 Å². The summed E-state index contributed by atoms with van der Waals surface area (Å²) in [6.45, 7) is 2.15. The highest BCUT2D eigenvalue weighted by Gasteiger charge is 2.52. The Morgan fingerprint density at radius 3 is 2.56 bits per heavy atom. The third kappa shape index (κ3) is 5.02. The molecule has 2 aromatic heterocycles. The summed E-state index contributed by atoms with van der Waals surface area (Å²) in [5.41, 5.74) is 2.09. The second-order valence-electron chi connectivity index (χ2n) is 9.33. The zero-order valence-corrected chi connectivity index (χ0v) is 23.1. The van der Waals surface area contributed by atoms with Crippen LogP contribution in [0.2, 0.25) is 10.0 Å². The van der Waals surface area contributed by atoms with E-state index in [1.807, 2.05) is 12.1 Å². The van der Waals surface area contributed by atoms with Gasteiger partial charge in [0.2, 0.25) is 5.91 Å². The SMILES string of the molecule is CCSc1ccc2c(cnn2CC(=O)Nc2cc(Cl)c(C3(c4noc(-c5ccc(F)cc5)n4)CC3)c(Cl)c2)c1. The molecular formula is C28H22Cl2FN5O2S. The van der Waals surface area contributed by atoms with E-state index in [0.717, 1.165) is 29.5 Å². The molecule has 3 aromatic carbocycles. The lowest BCUT2D eigenvalue weighted by atomic mass is 9.94. The zero-order valence-electron chi connectivity index (χ0n) is 20.7. The first-order valence-electron chi connectivity index (χ1n) is 12.3. The maximum absolute atomic E-state index is 13.3. The van der Waals surface area contributed by atoms with E-state index in [2.05, 4.69) is 33.5 Å². The van der Waals surface area contributed by atoms with Gasteiger partial charge in [-0.1, -0.05) is 35.3 Å². The smallest absolute Gasteiger partial charge is 0.257 e. The summed E-state index contributed by atoms with van der Waals surface area (Å²) < 4.78 is 20.4. The molecule has 2 heterocycles. The topological polar surface area (TPSA) is 85.8 Å². The van der Waals surface area contributed by atoms with Crippen LogP contribution >= 0.6 is 35.0 Å². The number of carbonyl (C=O) groups excluding carboxylic acids is 1. The van der Waals surface area contributed by atoms with Gasteiger partial charge in [-0.2, -0.15) is 10.1 Å². The lowest BCUT2D eigenvalue weighted by molar-refractivity contribution is -0.116. The van der Waals surface area contributed by atoms with Crippen molar-refractivity contribution < 1.29 is 13.7 Å². The molecule has 198 valence electrons. The molecular weight excluding hydrogens is 560 g/mol. The van der Waals surface area contributed by atoms with Crippen LogP contribution in [0.1, 0.15) is 31.2 Å². The molecule has 39 heavy (non-hydrogen) atoms. The first kappa shape index (κ1) is 25.9. The Morgan fingerprint density at radius 2 is 1.87 bits per heavy atom. The molecule has 1 fully saturated rings. The number of thioether (sulfide) groups is 1. The van der Waals surface area contributed by atoms with Crippen LogP contribution in [0.25, 0.3) is 22.4 Å². The number of hydrogen-bond donors (Lipinski definition) is 1. The monoisotopic (exact) mass is 581 g/mol. The number of halogens is 3. The molecule has 11 heteroatoms. The van der Waals surface area contributed by atoms with Gasteiger partial charge in [0.25, 0.3) is 5.89 Å². The number of anilines is 1. The van der Waals surface area contributed by atoms with Crippen molar-refractivity contribution in [2.75, 3.05) is 11.1 Å². The fraction of sp³-hybridized carbons (Fsp3) is 0.214. The van der Waals surface area contributed by atoms with E-state index in [4.69, 9.17) is 27.7 Å². The normalized spacial score (nSPS) is 14.1. The van der Waals surface area contributed by atoms with Gasteiger partial charge in [-0.3, -0.25) is 9.48 Å². The number of amides is 1. The van der Waals surface area contributed by atoms with Gasteiger partial charge >= 0.3 is 0 Å². The van der Waals surface area contributed by atoms with Gasteiger partial charge in [0.15, 0.2) is 5.82 Å². The minimum Gasteiger partial charge on any atom is -0.334 e. The average Bonchev–Trinajstić information content (AvgIpc) is 3.35. The van der Waals surface area contributed by atoms with Crippen molar-refractivity contribution in [3.05, 3.63) is 88.0 Å². The summed E-state index contributed by atoms with van der Waals surface area (Å²) >= 11 is 15.2. The fourth-order valence-electron chi connectivity index (χ4n) is 4.72. The minimum atomic E-state index is -0.582. The number of benzene rings is 3. The van der Waals surface area contributed by atoms with Crippen LogP contribution in [0.15, 0.2) is 70.2 Å². The summed E-state index contributed by atoms with van der Waals surface area (Å²) in [5.74, 6) is 1.14. The molecule has 0 saturated heterocycles. The third-order valence-corrected chi connectivity index (χ3v) is 8.19. The van der Waals surface area contributed by atoms with Crippen LogP contribution in [-0.2, 0) is 16.8 Å². The van der Waals surface area contributed by atoms with E-state index < -0.39 is 5.41 Å². The van der Waals surface area contributed by atoms with Crippen LogP contribution in [0.5, 0.6) is 0 Å². The summed E-state index contributed by atoms with van der Waals surface area (Å²) in [7, 11) is 0. The Labute approximate surface area is 237 Å². The van der Waals surface area contributed by atoms with Gasteiger partial charge in [0.05, 0.1) is 17.1 Å². The molecule has 1 saturated carbocycles. The fourth-order valence-corrected chi connectivity index (χ4v) is 6.28. The Morgan fingerprint density at radius 1 is 1.13 bits per heavy atom. The van der Waals surface area contributed by atoms with E-state index in [9.17, 15) is 9.18 Å². The molecule has 0 bridgehead atoms. The van der Waals surface area contributed by atoms with E-state index in [1.165, 1.54) is 17.0 Å². The van der Waals surface area contributed by atoms with E-state index in [0.29, 0.717) is 38.6 Å². The van der Waals surface area contributed by atoms with E-state index >= 15 is 0 Å². The van der Waals surface area contributed by atoms with E-state index in [1.54, 1.807) is 46.9 Å². The molecule has 1 aliphatic rings. The van der Waals surface area contributed by atoms with Crippen molar-refractivity contribution >= 4 is 57.5 Å². The van der Waals surface area contributed by atoms with Crippen LogP contribution in [0, 0.1) is 5.82 Å². The van der Waals surface area contributed by atoms with Crippen molar-refractivity contribution in [2.45, 2.75) is 36.6 Å². The number of nitrogens with one attached hydrogen (secondary N) is 1. The van der Waals surface area contributed by atoms with Crippen LogP contribution in [0.3, 0.4) is 0 Å². The number of fused-ring (bicyclic) bond motifs is 1. The molecule has 1 aliphatic carbocycles. The first-order chi connectivity index (χ1) is 18.9. The highest BCUT2D eigenvalue weighted by atomic mass is 35.5. The molecule has 7 nitrogen and oxygen atoms in total. The predicted octanol–water partition coefficient (Wildman–Crippen LogP) is 7.36. The molecule has 6 rings (SSSR count). The van der Waals surface area contributed by atoms with Crippen molar-refractivity contribution in [3.8, 4) is 11.5 Å². The average molecular weight is 582 g/mol. The molecule has 0 atom stereocenters. The lowest BCUT2D eigenvalue weighted by Crippen LogP contribution is -2.20. The minimum absolute atomic E-state index is 0.0414. The second-order valence-corrected chi connectivity index (χ2v) is 11.5.